The maximum Gasteiger partial charge on any atom is 0.200 e. The fraction of sp³-hybridized carbons (Fsp3) is 0.625. The number of methoxy groups -OCH3 is 1. The van der Waals surface area contributed by atoms with Gasteiger partial charge in [0.15, 0.2) is 8.32 Å². The van der Waals surface area contributed by atoms with E-state index in [0.29, 0.717) is 36.4 Å². The standard InChI is InChI=1S/C32H50O6SSi/c1-9-39-32-31(36-19-25-13-11-10-12-14-25)30(35-20-26-15-17-27(34-8)18-16-26)29(33)28(38-32)21-37-40(22(2)3,23(4)5)24(6)7/h10-18,22-24,28-33H,9,19-21H2,1-8H3/t28-,29-,30+,31-,32+/m1/s1. The van der Waals surface area contributed by atoms with Gasteiger partial charge in [-0.2, -0.15) is 0 Å². The molecule has 0 aliphatic carbocycles. The third-order valence-corrected chi connectivity index (χ3v) is 15.2. The van der Waals surface area contributed by atoms with Gasteiger partial charge in [0.1, 0.15) is 35.6 Å². The molecule has 1 fully saturated rings. The normalized spacial score (nSPS) is 23.8. The van der Waals surface area contributed by atoms with E-state index in [0.717, 1.165) is 22.6 Å². The zero-order valence-electron chi connectivity index (χ0n) is 25.5. The predicted octanol–water partition coefficient (Wildman–Crippen LogP) is 7.20. The van der Waals surface area contributed by atoms with Crippen molar-refractivity contribution in [1.29, 1.82) is 0 Å². The Morgan fingerprint density at radius 1 is 0.825 bits per heavy atom. The van der Waals surface area contributed by atoms with Crippen LogP contribution in [0.2, 0.25) is 16.6 Å². The van der Waals surface area contributed by atoms with E-state index in [9.17, 15) is 5.11 Å². The maximum absolute atomic E-state index is 11.7. The summed E-state index contributed by atoms with van der Waals surface area (Å²) in [6.45, 7) is 16.8. The minimum atomic E-state index is -2.14. The smallest absolute Gasteiger partial charge is 0.200 e. The van der Waals surface area contributed by atoms with Crippen molar-refractivity contribution >= 4 is 20.1 Å². The van der Waals surface area contributed by atoms with Crippen molar-refractivity contribution in [1.82, 2.24) is 0 Å². The van der Waals surface area contributed by atoms with Gasteiger partial charge < -0.3 is 28.5 Å². The van der Waals surface area contributed by atoms with Crippen LogP contribution in [0.25, 0.3) is 0 Å². The lowest BCUT2D eigenvalue weighted by molar-refractivity contribution is -0.236. The number of aliphatic hydroxyl groups is 1. The number of hydrogen-bond acceptors (Lipinski definition) is 7. The number of ether oxygens (including phenoxy) is 4. The van der Waals surface area contributed by atoms with Crippen molar-refractivity contribution in [3.63, 3.8) is 0 Å². The Morgan fingerprint density at radius 2 is 1.38 bits per heavy atom. The molecule has 0 spiro atoms. The number of thioether (sulfide) groups is 1. The van der Waals surface area contributed by atoms with Crippen LogP contribution in [0, 0.1) is 0 Å². The van der Waals surface area contributed by atoms with Gasteiger partial charge in [-0.3, -0.25) is 0 Å². The van der Waals surface area contributed by atoms with Gasteiger partial charge in [-0.1, -0.05) is 90.9 Å². The molecule has 3 rings (SSSR count). The summed E-state index contributed by atoms with van der Waals surface area (Å²) in [4.78, 5) is 0. The highest BCUT2D eigenvalue weighted by Gasteiger charge is 2.50. The van der Waals surface area contributed by atoms with Crippen LogP contribution in [-0.4, -0.2) is 62.7 Å². The second-order valence-electron chi connectivity index (χ2n) is 11.5. The lowest BCUT2D eigenvalue weighted by Crippen LogP contribution is -2.60. The second kappa shape index (κ2) is 15.7. The van der Waals surface area contributed by atoms with E-state index in [1.165, 1.54) is 0 Å². The first kappa shape index (κ1) is 33.1. The summed E-state index contributed by atoms with van der Waals surface area (Å²) < 4.78 is 31.7. The van der Waals surface area contributed by atoms with Gasteiger partial charge in [-0.05, 0) is 45.6 Å². The van der Waals surface area contributed by atoms with Gasteiger partial charge in [0, 0.05) is 0 Å². The van der Waals surface area contributed by atoms with E-state index in [2.05, 4.69) is 48.5 Å². The second-order valence-corrected chi connectivity index (χ2v) is 18.3. The Kier molecular flexibility index (Phi) is 13.0. The van der Waals surface area contributed by atoms with Crippen molar-refractivity contribution in [2.75, 3.05) is 19.5 Å². The zero-order valence-corrected chi connectivity index (χ0v) is 27.4. The van der Waals surface area contributed by atoms with Gasteiger partial charge in [0.05, 0.1) is 26.9 Å². The summed E-state index contributed by atoms with van der Waals surface area (Å²) in [7, 11) is -0.488. The van der Waals surface area contributed by atoms with Gasteiger partial charge in [-0.25, -0.2) is 0 Å². The average Bonchev–Trinajstić information content (AvgIpc) is 2.93. The third kappa shape index (κ3) is 8.12. The lowest BCUT2D eigenvalue weighted by atomic mass is 9.99. The van der Waals surface area contributed by atoms with Crippen molar-refractivity contribution < 1.29 is 28.5 Å². The summed E-state index contributed by atoms with van der Waals surface area (Å²) in [6.07, 6.45) is -2.43. The Labute approximate surface area is 247 Å². The molecule has 5 atom stereocenters. The molecule has 2 aromatic rings. The summed E-state index contributed by atoms with van der Waals surface area (Å²) in [5, 5.41) is 11.7. The Hall–Kier alpha value is -1.39. The molecule has 2 aromatic carbocycles. The number of benzene rings is 2. The SMILES string of the molecule is CCS[C@@H]1O[C@H](CO[Si](C(C)C)(C(C)C)C(C)C)[C@@H](O)[C@H](OCc2ccc(OC)cc2)[C@H]1OCc1ccccc1. The third-order valence-electron chi connectivity index (χ3n) is 8.04. The predicted molar refractivity (Wildman–Crippen MR) is 166 cm³/mol. The molecule has 1 aliphatic heterocycles. The molecule has 0 bridgehead atoms. The summed E-state index contributed by atoms with van der Waals surface area (Å²) in [5.41, 5.74) is 3.10. The van der Waals surface area contributed by atoms with Crippen molar-refractivity contribution in [2.45, 2.75) is 108 Å². The first-order chi connectivity index (χ1) is 19.1. The molecular formula is C32H50O6SSi. The van der Waals surface area contributed by atoms with Gasteiger partial charge in [0.2, 0.25) is 0 Å². The molecule has 1 heterocycles. The van der Waals surface area contributed by atoms with Crippen LogP contribution in [0.5, 0.6) is 5.75 Å². The van der Waals surface area contributed by atoms with Crippen LogP contribution in [0.15, 0.2) is 54.6 Å². The highest BCUT2D eigenvalue weighted by molar-refractivity contribution is 7.99. The highest BCUT2D eigenvalue weighted by Crippen LogP contribution is 2.43. The van der Waals surface area contributed by atoms with Gasteiger partial charge in [-0.15, -0.1) is 11.8 Å². The van der Waals surface area contributed by atoms with Gasteiger partial charge >= 0.3 is 0 Å². The molecule has 6 nitrogen and oxygen atoms in total. The fourth-order valence-electron chi connectivity index (χ4n) is 6.10. The van der Waals surface area contributed by atoms with Crippen LogP contribution in [0.4, 0.5) is 0 Å². The van der Waals surface area contributed by atoms with E-state index in [1.54, 1.807) is 18.9 Å². The lowest BCUT2D eigenvalue weighted by Gasteiger charge is -2.47. The van der Waals surface area contributed by atoms with E-state index in [4.69, 9.17) is 23.4 Å². The van der Waals surface area contributed by atoms with Gasteiger partial charge in [0.25, 0.3) is 0 Å². The molecule has 0 amide bonds. The molecule has 8 heteroatoms. The molecule has 0 unspecified atom stereocenters. The van der Waals surface area contributed by atoms with Crippen molar-refractivity contribution in [3.8, 4) is 5.75 Å². The fourth-order valence-corrected chi connectivity index (χ4v) is 12.5. The van der Waals surface area contributed by atoms with Crippen molar-refractivity contribution in [3.05, 3.63) is 65.7 Å². The minimum Gasteiger partial charge on any atom is -0.497 e. The first-order valence-electron chi connectivity index (χ1n) is 14.6. The molecule has 1 saturated heterocycles. The van der Waals surface area contributed by atoms with E-state index >= 15 is 0 Å². The summed E-state index contributed by atoms with van der Waals surface area (Å²) >= 11 is 1.68. The molecule has 1 aliphatic rings. The van der Waals surface area contributed by atoms with E-state index < -0.39 is 32.7 Å². The number of aliphatic hydroxyl groups excluding tert-OH is 1. The van der Waals surface area contributed by atoms with Crippen LogP contribution >= 0.6 is 11.8 Å². The zero-order chi connectivity index (χ0) is 29.3. The molecule has 0 saturated carbocycles. The molecule has 0 aromatic heterocycles. The topological polar surface area (TPSA) is 66.4 Å². The number of hydrogen-bond donors (Lipinski definition) is 1. The number of rotatable bonds is 15. The first-order valence-corrected chi connectivity index (χ1v) is 17.8. The van der Waals surface area contributed by atoms with E-state index in [-0.39, 0.29) is 5.44 Å². The molecular weight excluding hydrogens is 540 g/mol. The summed E-state index contributed by atoms with van der Waals surface area (Å²) in [5.74, 6) is 1.65. The average molecular weight is 591 g/mol. The molecule has 1 N–H and O–H groups in total. The van der Waals surface area contributed by atoms with Crippen LogP contribution in [0.1, 0.15) is 59.6 Å². The molecule has 224 valence electrons. The minimum absolute atomic E-state index is 0.292. The van der Waals surface area contributed by atoms with Crippen LogP contribution < -0.4 is 4.74 Å². The maximum atomic E-state index is 11.7. The monoisotopic (exact) mass is 590 g/mol. The summed E-state index contributed by atoms with van der Waals surface area (Å²) in [6, 6.07) is 17.9. The quantitative estimate of drug-likeness (QED) is 0.220. The van der Waals surface area contributed by atoms with Crippen molar-refractivity contribution in [2.24, 2.45) is 0 Å². The Morgan fingerprint density at radius 3 is 1.90 bits per heavy atom. The van der Waals surface area contributed by atoms with E-state index in [1.807, 2.05) is 54.6 Å². The largest absolute Gasteiger partial charge is 0.497 e. The van der Waals surface area contributed by atoms with Crippen LogP contribution in [-0.2, 0) is 31.9 Å². The Bertz CT molecular complexity index is 965. The Balaban J connectivity index is 1.85. The van der Waals surface area contributed by atoms with Crippen LogP contribution in [0.3, 0.4) is 0 Å². The highest BCUT2D eigenvalue weighted by atomic mass is 32.2. The molecule has 40 heavy (non-hydrogen) atoms. The molecule has 0 radical (unpaired) electrons.